The number of primary sulfonamides is 1. The van der Waals surface area contributed by atoms with Gasteiger partial charge in [-0.05, 0) is 18.2 Å². The van der Waals surface area contributed by atoms with Gasteiger partial charge >= 0.3 is 0 Å². The van der Waals surface area contributed by atoms with Crippen molar-refractivity contribution in [3.63, 3.8) is 0 Å². The number of nitrogens with two attached hydrogens (primary N) is 1. The third kappa shape index (κ3) is 2.89. The average molecular weight is 294 g/mol. The Balaban J connectivity index is 2.57. The highest BCUT2D eigenvalue weighted by Crippen LogP contribution is 2.32. The first-order valence-electron chi connectivity index (χ1n) is 5.66. The van der Waals surface area contributed by atoms with Crippen LogP contribution < -0.4 is 14.6 Å². The van der Waals surface area contributed by atoms with Gasteiger partial charge in [-0.2, -0.15) is 0 Å². The van der Waals surface area contributed by atoms with Gasteiger partial charge in [0, 0.05) is 23.4 Å². The van der Waals surface area contributed by atoms with Gasteiger partial charge in [-0.25, -0.2) is 13.6 Å². The lowest BCUT2D eigenvalue weighted by atomic mass is 10.1. The quantitative estimate of drug-likeness (QED) is 0.920. The molecule has 1 aromatic heterocycles. The molecule has 20 heavy (non-hydrogen) atoms. The van der Waals surface area contributed by atoms with E-state index in [2.05, 4.69) is 4.98 Å². The van der Waals surface area contributed by atoms with Crippen molar-refractivity contribution in [2.75, 3.05) is 14.2 Å². The maximum atomic E-state index is 11.3. The van der Waals surface area contributed by atoms with Crippen molar-refractivity contribution in [1.82, 2.24) is 4.98 Å². The Bertz CT molecular complexity index is 729. The van der Waals surface area contributed by atoms with Crippen molar-refractivity contribution in [2.45, 2.75) is 4.90 Å². The molecule has 0 bridgehead atoms. The van der Waals surface area contributed by atoms with E-state index < -0.39 is 10.0 Å². The summed E-state index contributed by atoms with van der Waals surface area (Å²) in [7, 11) is -0.766. The molecule has 0 aliphatic carbocycles. The average Bonchev–Trinajstić information content (AvgIpc) is 2.45. The molecule has 0 amide bonds. The molecule has 2 rings (SSSR count). The van der Waals surface area contributed by atoms with Gasteiger partial charge in [-0.1, -0.05) is 0 Å². The summed E-state index contributed by atoms with van der Waals surface area (Å²) in [6.07, 6.45) is 3.21. The number of pyridine rings is 1. The van der Waals surface area contributed by atoms with Crippen LogP contribution in [0.4, 0.5) is 0 Å². The number of hydrogen-bond acceptors (Lipinski definition) is 5. The lowest BCUT2D eigenvalue weighted by Crippen LogP contribution is -2.12. The van der Waals surface area contributed by atoms with E-state index in [0.717, 1.165) is 5.56 Å². The Morgan fingerprint density at radius 2 is 1.85 bits per heavy atom. The SMILES string of the molecule is COc1cncc(-c2ccc(S(N)(=O)=O)cc2OC)c1. The molecule has 0 fully saturated rings. The molecule has 0 spiro atoms. The standard InChI is InChI=1S/C13H14N2O4S/c1-18-10-5-9(7-15-8-10)12-4-3-11(20(14,16)17)6-13(12)19-2/h3-8H,1-2H3,(H2,14,16,17). The minimum atomic E-state index is -3.77. The van der Waals surface area contributed by atoms with Crippen molar-refractivity contribution < 1.29 is 17.9 Å². The predicted molar refractivity (Wildman–Crippen MR) is 74.2 cm³/mol. The van der Waals surface area contributed by atoms with Gasteiger partial charge in [0.2, 0.25) is 10.0 Å². The number of nitrogens with zero attached hydrogens (tertiary/aromatic N) is 1. The maximum absolute atomic E-state index is 11.3. The number of benzene rings is 1. The predicted octanol–water partition coefficient (Wildman–Crippen LogP) is 1.41. The zero-order valence-corrected chi connectivity index (χ0v) is 11.8. The third-order valence-electron chi connectivity index (χ3n) is 2.76. The molecule has 1 aromatic carbocycles. The number of methoxy groups -OCH3 is 2. The van der Waals surface area contributed by atoms with E-state index in [4.69, 9.17) is 14.6 Å². The molecule has 0 aliphatic rings. The summed E-state index contributed by atoms with van der Waals surface area (Å²) in [5.41, 5.74) is 1.45. The summed E-state index contributed by atoms with van der Waals surface area (Å²) in [5, 5.41) is 5.10. The Kier molecular flexibility index (Phi) is 3.91. The van der Waals surface area contributed by atoms with E-state index in [-0.39, 0.29) is 4.90 Å². The summed E-state index contributed by atoms with van der Waals surface area (Å²) in [4.78, 5) is 4.05. The molecule has 0 saturated carbocycles. The van der Waals surface area contributed by atoms with Crippen LogP contribution in [0.3, 0.4) is 0 Å². The Morgan fingerprint density at radius 1 is 1.10 bits per heavy atom. The number of ether oxygens (including phenoxy) is 2. The highest BCUT2D eigenvalue weighted by Gasteiger charge is 2.13. The van der Waals surface area contributed by atoms with Crippen LogP contribution in [0.5, 0.6) is 11.5 Å². The van der Waals surface area contributed by atoms with Crippen LogP contribution in [-0.2, 0) is 10.0 Å². The molecular formula is C13H14N2O4S. The summed E-state index contributed by atoms with van der Waals surface area (Å²) in [5.74, 6) is 0.992. The van der Waals surface area contributed by atoms with E-state index in [1.807, 2.05) is 0 Å². The normalized spacial score (nSPS) is 11.2. The van der Waals surface area contributed by atoms with Gasteiger partial charge in [0.25, 0.3) is 0 Å². The minimum absolute atomic E-state index is 0.00560. The molecule has 6 nitrogen and oxygen atoms in total. The van der Waals surface area contributed by atoms with Gasteiger partial charge < -0.3 is 9.47 Å². The monoisotopic (exact) mass is 294 g/mol. The van der Waals surface area contributed by atoms with Crippen molar-refractivity contribution in [3.8, 4) is 22.6 Å². The van der Waals surface area contributed by atoms with E-state index >= 15 is 0 Å². The number of rotatable bonds is 4. The van der Waals surface area contributed by atoms with Crippen molar-refractivity contribution in [2.24, 2.45) is 5.14 Å². The summed E-state index contributed by atoms with van der Waals surface area (Å²) < 4.78 is 33.0. The van der Waals surface area contributed by atoms with E-state index in [1.165, 1.54) is 19.2 Å². The van der Waals surface area contributed by atoms with Crippen LogP contribution in [0.2, 0.25) is 0 Å². The Morgan fingerprint density at radius 3 is 2.45 bits per heavy atom. The molecule has 0 atom stereocenters. The fourth-order valence-electron chi connectivity index (χ4n) is 1.76. The second kappa shape index (κ2) is 5.48. The van der Waals surface area contributed by atoms with Crippen molar-refractivity contribution in [1.29, 1.82) is 0 Å². The Hall–Kier alpha value is -2.12. The summed E-state index contributed by atoms with van der Waals surface area (Å²) in [6.45, 7) is 0. The van der Waals surface area contributed by atoms with Gasteiger partial charge in [0.1, 0.15) is 11.5 Å². The fourth-order valence-corrected chi connectivity index (χ4v) is 2.29. The Labute approximate surface area is 117 Å². The highest BCUT2D eigenvalue weighted by atomic mass is 32.2. The van der Waals surface area contributed by atoms with Crippen molar-refractivity contribution in [3.05, 3.63) is 36.7 Å². The van der Waals surface area contributed by atoms with E-state index in [1.54, 1.807) is 31.6 Å². The number of hydrogen-bond donors (Lipinski definition) is 1. The second-order valence-corrected chi connectivity index (χ2v) is 5.58. The lowest BCUT2D eigenvalue weighted by Gasteiger charge is -2.10. The number of sulfonamides is 1. The van der Waals surface area contributed by atoms with E-state index in [0.29, 0.717) is 17.1 Å². The molecule has 0 radical (unpaired) electrons. The zero-order valence-electron chi connectivity index (χ0n) is 11.0. The second-order valence-electron chi connectivity index (χ2n) is 4.02. The molecule has 0 aliphatic heterocycles. The molecule has 1 heterocycles. The van der Waals surface area contributed by atoms with Crippen LogP contribution in [0.15, 0.2) is 41.6 Å². The zero-order chi connectivity index (χ0) is 14.8. The highest BCUT2D eigenvalue weighted by molar-refractivity contribution is 7.89. The van der Waals surface area contributed by atoms with Gasteiger partial charge in [-0.3, -0.25) is 4.98 Å². The first kappa shape index (κ1) is 14.3. The number of aromatic nitrogens is 1. The smallest absolute Gasteiger partial charge is 0.238 e. The van der Waals surface area contributed by atoms with Crippen LogP contribution in [0, 0.1) is 0 Å². The largest absolute Gasteiger partial charge is 0.496 e. The molecule has 2 N–H and O–H groups in total. The van der Waals surface area contributed by atoms with Crippen LogP contribution in [0.1, 0.15) is 0 Å². The third-order valence-corrected chi connectivity index (χ3v) is 3.67. The molecule has 106 valence electrons. The molecule has 7 heteroatoms. The van der Waals surface area contributed by atoms with Crippen LogP contribution >= 0.6 is 0 Å². The van der Waals surface area contributed by atoms with Crippen LogP contribution in [-0.4, -0.2) is 27.6 Å². The maximum Gasteiger partial charge on any atom is 0.238 e. The topological polar surface area (TPSA) is 91.5 Å². The van der Waals surface area contributed by atoms with Crippen LogP contribution in [0.25, 0.3) is 11.1 Å². The van der Waals surface area contributed by atoms with E-state index in [9.17, 15) is 8.42 Å². The fraction of sp³-hybridized carbons (Fsp3) is 0.154. The van der Waals surface area contributed by atoms with Gasteiger partial charge in [-0.15, -0.1) is 0 Å². The molecule has 2 aromatic rings. The van der Waals surface area contributed by atoms with Crippen molar-refractivity contribution >= 4 is 10.0 Å². The van der Waals surface area contributed by atoms with Gasteiger partial charge in [0.15, 0.2) is 0 Å². The molecule has 0 unspecified atom stereocenters. The molecule has 0 saturated heterocycles. The summed E-state index contributed by atoms with van der Waals surface area (Å²) >= 11 is 0. The lowest BCUT2D eigenvalue weighted by molar-refractivity contribution is 0.412. The van der Waals surface area contributed by atoms with Gasteiger partial charge in [0.05, 0.1) is 25.3 Å². The molecular weight excluding hydrogens is 280 g/mol. The first-order chi connectivity index (χ1) is 9.45. The first-order valence-corrected chi connectivity index (χ1v) is 7.20. The summed E-state index contributed by atoms with van der Waals surface area (Å²) in [6, 6.07) is 6.20. The minimum Gasteiger partial charge on any atom is -0.496 e.